The molecule has 2 saturated heterocycles. The number of nitrogens with zero attached hydrogens (tertiary/aromatic N) is 1. The van der Waals surface area contributed by atoms with Crippen LogP contribution in [0.3, 0.4) is 0 Å². The van der Waals surface area contributed by atoms with Gasteiger partial charge in [0.25, 0.3) is 0 Å². The summed E-state index contributed by atoms with van der Waals surface area (Å²) in [4.78, 5) is 35.1. The van der Waals surface area contributed by atoms with E-state index >= 15 is 0 Å². The van der Waals surface area contributed by atoms with E-state index in [-0.39, 0.29) is 13.0 Å². The van der Waals surface area contributed by atoms with Crippen molar-refractivity contribution < 1.29 is 27.6 Å². The van der Waals surface area contributed by atoms with Crippen LogP contribution in [-0.2, 0) is 18.3 Å². The Balaban J connectivity index is 1.47. The molecule has 1 aromatic heterocycles. The van der Waals surface area contributed by atoms with Crippen LogP contribution in [0.4, 0.5) is 4.39 Å². The SMILES string of the molecule is O=c1[nH]c(=O)n([C@H]2C[C@@H]3O[PH](O)(OCC4CC4)OC[C@H]3O2)cc1F. The number of nitrogens with one attached hydrogen (secondary N) is 1. The first-order chi connectivity index (χ1) is 11.4. The van der Waals surface area contributed by atoms with Crippen LogP contribution < -0.4 is 11.2 Å². The zero-order valence-electron chi connectivity index (χ0n) is 12.6. The molecule has 9 nitrogen and oxygen atoms in total. The average molecular weight is 364 g/mol. The normalized spacial score (nSPS) is 33.2. The van der Waals surface area contributed by atoms with Crippen molar-refractivity contribution in [1.82, 2.24) is 9.55 Å². The van der Waals surface area contributed by atoms with E-state index in [1.54, 1.807) is 0 Å². The third-order valence-electron chi connectivity index (χ3n) is 4.34. The number of ether oxygens (including phenoxy) is 1. The van der Waals surface area contributed by atoms with Crippen molar-refractivity contribution >= 4 is 8.17 Å². The first-order valence-electron chi connectivity index (χ1n) is 7.78. The maximum absolute atomic E-state index is 13.4. The molecule has 11 heteroatoms. The molecule has 134 valence electrons. The van der Waals surface area contributed by atoms with Crippen LogP contribution in [-0.4, -0.2) is 39.9 Å². The molecule has 0 spiro atoms. The van der Waals surface area contributed by atoms with Crippen LogP contribution in [0.15, 0.2) is 15.8 Å². The topological polar surface area (TPSA) is 112 Å². The quantitative estimate of drug-likeness (QED) is 0.735. The van der Waals surface area contributed by atoms with Gasteiger partial charge < -0.3 is 0 Å². The van der Waals surface area contributed by atoms with Gasteiger partial charge in [-0.15, -0.1) is 0 Å². The second-order valence-corrected chi connectivity index (χ2v) is 8.11. The second-order valence-electron chi connectivity index (χ2n) is 6.25. The van der Waals surface area contributed by atoms with Gasteiger partial charge in [-0.1, -0.05) is 0 Å². The summed E-state index contributed by atoms with van der Waals surface area (Å²) in [6, 6.07) is 0. The van der Waals surface area contributed by atoms with Gasteiger partial charge in [0.2, 0.25) is 0 Å². The fourth-order valence-electron chi connectivity index (χ4n) is 2.82. The molecule has 1 saturated carbocycles. The van der Waals surface area contributed by atoms with Gasteiger partial charge in [-0.05, 0) is 0 Å². The molecule has 0 bridgehead atoms. The van der Waals surface area contributed by atoms with E-state index in [2.05, 4.69) is 0 Å². The Morgan fingerprint density at radius 1 is 1.42 bits per heavy atom. The predicted molar refractivity (Wildman–Crippen MR) is 79.8 cm³/mol. The first-order valence-corrected chi connectivity index (χ1v) is 9.45. The molecule has 3 heterocycles. The second kappa shape index (κ2) is 5.98. The number of fused-ring (bicyclic) bond motifs is 1. The Kier molecular flexibility index (Phi) is 4.06. The van der Waals surface area contributed by atoms with E-state index in [1.807, 2.05) is 4.98 Å². The molecule has 2 aliphatic heterocycles. The fourth-order valence-corrected chi connectivity index (χ4v) is 4.49. The van der Waals surface area contributed by atoms with Crippen molar-refractivity contribution in [2.75, 3.05) is 13.2 Å². The summed E-state index contributed by atoms with van der Waals surface area (Å²) in [7, 11) is -3.71. The van der Waals surface area contributed by atoms with E-state index < -0.39 is 43.7 Å². The standard InChI is InChI=1S/C13H18FN2O7P/c14-8-4-16(13(18)15-12(8)17)11-3-9-10(22-11)6-21-24(19,23-9)20-5-7-1-2-7/h4,7,9-11,19,24H,1-3,5-6H2,(H,15,17,18)/t9-,10+,11+/m0/s1. The summed E-state index contributed by atoms with van der Waals surface area (Å²) in [5, 5.41) is 0. The maximum atomic E-state index is 13.4. The van der Waals surface area contributed by atoms with Gasteiger partial charge >= 0.3 is 135 Å². The minimum atomic E-state index is -3.71. The van der Waals surface area contributed by atoms with E-state index in [4.69, 9.17) is 18.3 Å². The Morgan fingerprint density at radius 2 is 2.21 bits per heavy atom. The van der Waals surface area contributed by atoms with Gasteiger partial charge in [-0.3, -0.25) is 0 Å². The molecule has 1 aliphatic carbocycles. The summed E-state index contributed by atoms with van der Waals surface area (Å²) < 4.78 is 36.3. The van der Waals surface area contributed by atoms with Crippen molar-refractivity contribution in [1.29, 1.82) is 0 Å². The molecule has 3 aliphatic rings. The van der Waals surface area contributed by atoms with Crippen LogP contribution >= 0.6 is 8.17 Å². The Hall–Kier alpha value is -1.16. The zero-order valence-corrected chi connectivity index (χ0v) is 13.6. The summed E-state index contributed by atoms with van der Waals surface area (Å²) in [6.07, 6.45) is 1.31. The van der Waals surface area contributed by atoms with E-state index in [9.17, 15) is 18.9 Å². The Bertz CT molecular complexity index is 751. The van der Waals surface area contributed by atoms with Gasteiger partial charge in [0.05, 0.1) is 0 Å². The monoisotopic (exact) mass is 364 g/mol. The first kappa shape index (κ1) is 16.3. The minimum absolute atomic E-state index is 0.0646. The average Bonchev–Trinajstić information content (AvgIpc) is 3.28. The number of halogens is 1. The molecule has 1 aromatic rings. The third kappa shape index (κ3) is 3.17. The molecule has 0 amide bonds. The number of H-pyrrole nitrogens is 1. The molecule has 3 atom stereocenters. The Morgan fingerprint density at radius 3 is 2.96 bits per heavy atom. The number of hydrogen-bond donors (Lipinski definition) is 2. The van der Waals surface area contributed by atoms with Crippen molar-refractivity contribution in [3.05, 3.63) is 32.9 Å². The number of aromatic amines is 1. The van der Waals surface area contributed by atoms with Crippen LogP contribution in [0.5, 0.6) is 0 Å². The third-order valence-corrected chi connectivity index (χ3v) is 6.01. The summed E-state index contributed by atoms with van der Waals surface area (Å²) in [5.41, 5.74) is -1.86. The van der Waals surface area contributed by atoms with Gasteiger partial charge in [-0.25, -0.2) is 0 Å². The molecule has 3 fully saturated rings. The predicted octanol–water partition coefficient (Wildman–Crippen LogP) is 0.207. The summed E-state index contributed by atoms with van der Waals surface area (Å²) >= 11 is 0. The van der Waals surface area contributed by atoms with Crippen molar-refractivity contribution in [2.24, 2.45) is 5.92 Å². The van der Waals surface area contributed by atoms with E-state index in [0.717, 1.165) is 23.6 Å². The number of aromatic nitrogens is 2. The van der Waals surface area contributed by atoms with Crippen LogP contribution in [0.2, 0.25) is 0 Å². The fraction of sp³-hybridized carbons (Fsp3) is 0.692. The van der Waals surface area contributed by atoms with E-state index in [1.165, 1.54) is 0 Å². The van der Waals surface area contributed by atoms with Crippen LogP contribution in [0.25, 0.3) is 0 Å². The number of hydrogen-bond acceptors (Lipinski definition) is 7. The number of rotatable bonds is 4. The van der Waals surface area contributed by atoms with Crippen molar-refractivity contribution in [2.45, 2.75) is 37.7 Å². The van der Waals surface area contributed by atoms with Gasteiger partial charge in [0.15, 0.2) is 0 Å². The summed E-state index contributed by atoms with van der Waals surface area (Å²) in [5.74, 6) is -0.634. The van der Waals surface area contributed by atoms with Gasteiger partial charge in [0, 0.05) is 0 Å². The van der Waals surface area contributed by atoms with Crippen molar-refractivity contribution in [3.8, 4) is 0 Å². The molecular weight excluding hydrogens is 346 g/mol. The molecule has 24 heavy (non-hydrogen) atoms. The summed E-state index contributed by atoms with van der Waals surface area (Å²) in [6.45, 7) is 0.462. The van der Waals surface area contributed by atoms with Crippen LogP contribution in [0, 0.1) is 11.7 Å². The van der Waals surface area contributed by atoms with Crippen molar-refractivity contribution in [3.63, 3.8) is 0 Å². The molecule has 0 radical (unpaired) electrons. The van der Waals surface area contributed by atoms with E-state index in [0.29, 0.717) is 12.5 Å². The zero-order chi connectivity index (χ0) is 16.9. The molecule has 0 aromatic carbocycles. The Labute approximate surface area is 136 Å². The van der Waals surface area contributed by atoms with Crippen LogP contribution in [0.1, 0.15) is 25.5 Å². The molecular formula is C13H18FN2O7P. The molecule has 4 rings (SSSR count). The molecule has 2 N–H and O–H groups in total. The van der Waals surface area contributed by atoms with Gasteiger partial charge in [0.1, 0.15) is 0 Å². The van der Waals surface area contributed by atoms with Gasteiger partial charge in [-0.2, -0.15) is 0 Å². The molecule has 0 unspecified atom stereocenters.